The van der Waals surface area contributed by atoms with Crippen LogP contribution >= 0.6 is 0 Å². The second-order valence-electron chi connectivity index (χ2n) is 3.98. The normalized spacial score (nSPS) is 22.0. The predicted molar refractivity (Wildman–Crippen MR) is 60.2 cm³/mol. The van der Waals surface area contributed by atoms with Gasteiger partial charge in [0.2, 0.25) is 0 Å². The summed E-state index contributed by atoms with van der Waals surface area (Å²) in [7, 11) is 0. The minimum absolute atomic E-state index is 0.339. The average molecular weight is 192 g/mol. The molecule has 0 aromatic heterocycles. The van der Waals surface area contributed by atoms with Gasteiger partial charge >= 0.3 is 0 Å². The summed E-state index contributed by atoms with van der Waals surface area (Å²) in [6.45, 7) is 3.68. The van der Waals surface area contributed by atoms with Gasteiger partial charge in [-0.05, 0) is 38.5 Å². The van der Waals surface area contributed by atoms with Crippen LogP contribution in [-0.2, 0) is 4.79 Å². The molecule has 0 bridgehead atoms. The molecule has 1 rings (SSSR count). The van der Waals surface area contributed by atoms with Crippen molar-refractivity contribution in [1.29, 1.82) is 0 Å². The molecule has 0 radical (unpaired) electrons. The number of unbranched alkanes of at least 4 members (excludes halogenated alkanes) is 2. The summed E-state index contributed by atoms with van der Waals surface area (Å²) in [5.74, 6) is 0.811. The van der Waals surface area contributed by atoms with E-state index in [2.05, 4.69) is 18.7 Å². The second-order valence-corrected chi connectivity index (χ2v) is 3.98. The molecule has 0 heterocycles. The molecule has 0 aromatic rings. The van der Waals surface area contributed by atoms with Gasteiger partial charge < -0.3 is 0 Å². The second kappa shape index (κ2) is 6.58. The highest BCUT2D eigenvalue weighted by Crippen LogP contribution is 2.24. The van der Waals surface area contributed by atoms with Crippen LogP contribution in [0.15, 0.2) is 24.8 Å². The summed E-state index contributed by atoms with van der Waals surface area (Å²) in [5.41, 5.74) is 0. The quantitative estimate of drug-likeness (QED) is 0.463. The molecule has 1 aliphatic carbocycles. The zero-order chi connectivity index (χ0) is 10.2. The van der Waals surface area contributed by atoms with E-state index < -0.39 is 0 Å². The Morgan fingerprint density at radius 1 is 1.36 bits per heavy atom. The minimum atomic E-state index is 0.339. The van der Waals surface area contributed by atoms with Crippen molar-refractivity contribution >= 4 is 5.78 Å². The topological polar surface area (TPSA) is 17.1 Å². The first kappa shape index (κ1) is 11.2. The Morgan fingerprint density at radius 2 is 2.21 bits per heavy atom. The lowest BCUT2D eigenvalue weighted by Gasteiger charge is -2.01. The third-order valence-electron chi connectivity index (χ3n) is 2.80. The summed E-state index contributed by atoms with van der Waals surface area (Å²) in [5, 5.41) is 0. The molecule has 1 saturated carbocycles. The molecule has 0 amide bonds. The Hall–Kier alpha value is -0.850. The standard InChI is InChI=1S/C13H20O/c1-2-3-4-5-6-7-9-12-10-8-11-13(12)14/h2,6-7,12H,1,3-5,8-11H2. The van der Waals surface area contributed by atoms with Crippen LogP contribution in [0.5, 0.6) is 0 Å². The van der Waals surface area contributed by atoms with Gasteiger partial charge in [-0.3, -0.25) is 4.79 Å². The van der Waals surface area contributed by atoms with E-state index in [9.17, 15) is 4.79 Å². The van der Waals surface area contributed by atoms with Crippen molar-refractivity contribution in [2.24, 2.45) is 5.92 Å². The molecule has 1 heteroatoms. The van der Waals surface area contributed by atoms with Crippen LogP contribution < -0.4 is 0 Å². The molecule has 0 saturated heterocycles. The lowest BCUT2D eigenvalue weighted by atomic mass is 10.0. The van der Waals surface area contributed by atoms with Gasteiger partial charge in [-0.25, -0.2) is 0 Å². The first-order chi connectivity index (χ1) is 6.84. The molecule has 1 aliphatic rings. The number of carbonyl (C=O) groups excluding carboxylic acids is 1. The maximum atomic E-state index is 11.3. The number of hydrogen-bond acceptors (Lipinski definition) is 1. The number of ketones is 1. The highest BCUT2D eigenvalue weighted by atomic mass is 16.1. The molecule has 1 fully saturated rings. The van der Waals surface area contributed by atoms with E-state index in [1.54, 1.807) is 0 Å². The zero-order valence-corrected chi connectivity index (χ0v) is 8.87. The maximum absolute atomic E-state index is 11.3. The molecular formula is C13H20O. The summed E-state index contributed by atoms with van der Waals surface area (Å²) in [6.07, 6.45) is 13.7. The molecular weight excluding hydrogens is 172 g/mol. The van der Waals surface area contributed by atoms with E-state index in [0.29, 0.717) is 11.7 Å². The van der Waals surface area contributed by atoms with Gasteiger partial charge in [-0.2, -0.15) is 0 Å². The Balaban J connectivity index is 2.07. The van der Waals surface area contributed by atoms with Gasteiger partial charge in [0.1, 0.15) is 5.78 Å². The van der Waals surface area contributed by atoms with Crippen molar-refractivity contribution in [2.75, 3.05) is 0 Å². The van der Waals surface area contributed by atoms with Gasteiger partial charge in [0.05, 0.1) is 0 Å². The van der Waals surface area contributed by atoms with E-state index in [-0.39, 0.29) is 0 Å². The van der Waals surface area contributed by atoms with E-state index >= 15 is 0 Å². The maximum Gasteiger partial charge on any atom is 0.136 e. The Bertz CT molecular complexity index is 215. The largest absolute Gasteiger partial charge is 0.299 e. The highest BCUT2D eigenvalue weighted by Gasteiger charge is 2.22. The fourth-order valence-corrected chi connectivity index (χ4v) is 1.90. The zero-order valence-electron chi connectivity index (χ0n) is 8.87. The Labute approximate surface area is 86.9 Å². The highest BCUT2D eigenvalue weighted by molar-refractivity contribution is 5.82. The first-order valence-electron chi connectivity index (χ1n) is 5.63. The molecule has 0 aliphatic heterocycles. The molecule has 1 atom stereocenters. The lowest BCUT2D eigenvalue weighted by molar-refractivity contribution is -0.120. The van der Waals surface area contributed by atoms with Crippen LogP contribution in [0.3, 0.4) is 0 Å². The van der Waals surface area contributed by atoms with Crippen molar-refractivity contribution in [2.45, 2.75) is 44.9 Å². The summed E-state index contributed by atoms with van der Waals surface area (Å²) < 4.78 is 0. The predicted octanol–water partition coefficient (Wildman–Crippen LogP) is 3.66. The molecule has 1 unspecified atom stereocenters. The lowest BCUT2D eigenvalue weighted by Crippen LogP contribution is -2.03. The smallest absolute Gasteiger partial charge is 0.136 e. The van der Waals surface area contributed by atoms with Crippen molar-refractivity contribution in [3.63, 3.8) is 0 Å². The number of rotatable bonds is 6. The van der Waals surface area contributed by atoms with Crippen LogP contribution in [0.25, 0.3) is 0 Å². The van der Waals surface area contributed by atoms with Gasteiger partial charge in [0.25, 0.3) is 0 Å². The number of allylic oxidation sites excluding steroid dienone is 3. The number of Topliss-reactive ketones (excluding diaryl/α,β-unsaturated/α-hetero) is 1. The number of carbonyl (C=O) groups is 1. The Morgan fingerprint density at radius 3 is 2.86 bits per heavy atom. The van der Waals surface area contributed by atoms with Crippen molar-refractivity contribution in [3.05, 3.63) is 24.8 Å². The van der Waals surface area contributed by atoms with Crippen LogP contribution in [-0.4, -0.2) is 5.78 Å². The van der Waals surface area contributed by atoms with Crippen molar-refractivity contribution in [1.82, 2.24) is 0 Å². The van der Waals surface area contributed by atoms with Crippen LogP contribution in [0, 0.1) is 5.92 Å². The molecule has 0 aromatic carbocycles. The van der Waals surface area contributed by atoms with E-state index in [0.717, 1.165) is 38.5 Å². The Kier molecular flexibility index (Phi) is 5.28. The van der Waals surface area contributed by atoms with Gasteiger partial charge in [-0.15, -0.1) is 6.58 Å². The van der Waals surface area contributed by atoms with Crippen LogP contribution in [0.2, 0.25) is 0 Å². The fourth-order valence-electron chi connectivity index (χ4n) is 1.90. The van der Waals surface area contributed by atoms with Gasteiger partial charge in [0.15, 0.2) is 0 Å². The van der Waals surface area contributed by atoms with E-state index in [1.165, 1.54) is 6.42 Å². The minimum Gasteiger partial charge on any atom is -0.299 e. The van der Waals surface area contributed by atoms with Gasteiger partial charge in [0, 0.05) is 12.3 Å². The SMILES string of the molecule is C=CCCCC=CCC1CCCC1=O. The molecule has 78 valence electrons. The third-order valence-corrected chi connectivity index (χ3v) is 2.80. The van der Waals surface area contributed by atoms with E-state index in [4.69, 9.17) is 0 Å². The number of hydrogen-bond donors (Lipinski definition) is 0. The molecule has 14 heavy (non-hydrogen) atoms. The molecule has 0 spiro atoms. The average Bonchev–Trinajstić information content (AvgIpc) is 2.58. The molecule has 0 N–H and O–H groups in total. The van der Waals surface area contributed by atoms with Crippen LogP contribution in [0.4, 0.5) is 0 Å². The third kappa shape index (κ3) is 3.91. The summed E-state index contributed by atoms with van der Waals surface area (Å²) in [4.78, 5) is 11.3. The fraction of sp³-hybridized carbons (Fsp3) is 0.615. The van der Waals surface area contributed by atoms with Crippen LogP contribution in [0.1, 0.15) is 44.9 Å². The van der Waals surface area contributed by atoms with Crippen molar-refractivity contribution in [3.8, 4) is 0 Å². The van der Waals surface area contributed by atoms with Gasteiger partial charge in [-0.1, -0.05) is 18.2 Å². The summed E-state index contributed by atoms with van der Waals surface area (Å²) >= 11 is 0. The molecule has 1 nitrogen and oxygen atoms in total. The monoisotopic (exact) mass is 192 g/mol. The first-order valence-corrected chi connectivity index (χ1v) is 5.63. The van der Waals surface area contributed by atoms with E-state index in [1.807, 2.05) is 6.08 Å². The van der Waals surface area contributed by atoms with Crippen molar-refractivity contribution < 1.29 is 4.79 Å². The summed E-state index contributed by atoms with van der Waals surface area (Å²) in [6, 6.07) is 0.